The van der Waals surface area contributed by atoms with Crippen LogP contribution in [0.15, 0.2) is 24.4 Å². The SMILES string of the molecule is C#CCNC(=O)N(CCc1ccccn1)C(=N)N. The molecule has 18 heavy (non-hydrogen) atoms. The molecule has 1 aromatic heterocycles. The summed E-state index contributed by atoms with van der Waals surface area (Å²) in [5.41, 5.74) is 6.18. The van der Waals surface area contributed by atoms with Crippen LogP contribution in [-0.4, -0.2) is 35.0 Å². The molecule has 6 nitrogen and oxygen atoms in total. The van der Waals surface area contributed by atoms with E-state index in [2.05, 4.69) is 16.2 Å². The second kappa shape index (κ2) is 6.91. The summed E-state index contributed by atoms with van der Waals surface area (Å²) in [5, 5.41) is 9.81. The lowest BCUT2D eigenvalue weighted by Crippen LogP contribution is -2.47. The zero-order valence-electron chi connectivity index (χ0n) is 9.89. The third-order valence-corrected chi connectivity index (χ3v) is 2.20. The van der Waals surface area contributed by atoms with Crippen molar-refractivity contribution in [2.45, 2.75) is 6.42 Å². The molecule has 1 rings (SSSR count). The molecule has 0 unspecified atom stereocenters. The van der Waals surface area contributed by atoms with Crippen molar-refractivity contribution in [1.82, 2.24) is 15.2 Å². The Morgan fingerprint density at radius 2 is 2.39 bits per heavy atom. The third-order valence-electron chi connectivity index (χ3n) is 2.20. The zero-order chi connectivity index (χ0) is 13.4. The summed E-state index contributed by atoms with van der Waals surface area (Å²) in [6.45, 7) is 0.384. The van der Waals surface area contributed by atoms with Crippen molar-refractivity contribution < 1.29 is 4.79 Å². The van der Waals surface area contributed by atoms with Crippen molar-refractivity contribution in [1.29, 1.82) is 5.41 Å². The van der Waals surface area contributed by atoms with E-state index in [-0.39, 0.29) is 19.0 Å². The number of carbonyl (C=O) groups excluding carboxylic acids is 1. The monoisotopic (exact) mass is 245 g/mol. The Hall–Kier alpha value is -2.55. The molecule has 0 atom stereocenters. The molecule has 0 fully saturated rings. The maximum absolute atomic E-state index is 11.6. The number of hydrogen-bond donors (Lipinski definition) is 3. The number of terminal acetylenes is 1. The summed E-state index contributed by atoms with van der Waals surface area (Å²) in [7, 11) is 0. The maximum Gasteiger partial charge on any atom is 0.324 e. The number of hydrogen-bond acceptors (Lipinski definition) is 3. The van der Waals surface area contributed by atoms with Crippen molar-refractivity contribution in [2.75, 3.05) is 13.1 Å². The molecule has 4 N–H and O–H groups in total. The Morgan fingerprint density at radius 3 is 2.94 bits per heavy atom. The molecule has 0 saturated carbocycles. The Kier molecular flexibility index (Phi) is 5.19. The molecule has 6 heteroatoms. The Balaban J connectivity index is 2.56. The number of pyridine rings is 1. The fourth-order valence-corrected chi connectivity index (χ4v) is 1.33. The van der Waals surface area contributed by atoms with Gasteiger partial charge in [-0.1, -0.05) is 12.0 Å². The Bertz CT molecular complexity index is 451. The summed E-state index contributed by atoms with van der Waals surface area (Å²) in [4.78, 5) is 16.9. The molecule has 0 bridgehead atoms. The van der Waals surface area contributed by atoms with Crippen molar-refractivity contribution in [3.05, 3.63) is 30.1 Å². The topological polar surface area (TPSA) is 95.1 Å². The summed E-state index contributed by atoms with van der Waals surface area (Å²) < 4.78 is 0. The first-order chi connectivity index (χ1) is 8.65. The average molecular weight is 245 g/mol. The highest BCUT2D eigenvalue weighted by molar-refractivity contribution is 5.93. The van der Waals surface area contributed by atoms with Crippen LogP contribution in [0.1, 0.15) is 5.69 Å². The van der Waals surface area contributed by atoms with Crippen molar-refractivity contribution in [2.24, 2.45) is 5.73 Å². The molecule has 0 aliphatic carbocycles. The van der Waals surface area contributed by atoms with Gasteiger partial charge in [-0.25, -0.2) is 4.79 Å². The van der Waals surface area contributed by atoms with Crippen molar-refractivity contribution >= 4 is 12.0 Å². The van der Waals surface area contributed by atoms with Crippen LogP contribution in [0.5, 0.6) is 0 Å². The predicted octanol–water partition coefficient (Wildman–Crippen LogP) is 0.162. The minimum absolute atomic E-state index is 0.103. The van der Waals surface area contributed by atoms with Crippen LogP contribution in [-0.2, 0) is 6.42 Å². The van der Waals surface area contributed by atoms with Gasteiger partial charge in [-0.2, -0.15) is 0 Å². The summed E-state index contributed by atoms with van der Waals surface area (Å²) in [6, 6.07) is 5.04. The van der Waals surface area contributed by atoms with E-state index in [1.165, 1.54) is 0 Å². The first-order valence-corrected chi connectivity index (χ1v) is 5.38. The number of carbonyl (C=O) groups is 1. The molecular formula is C12H15N5O. The molecular weight excluding hydrogens is 230 g/mol. The van der Waals surface area contributed by atoms with E-state index in [1.807, 2.05) is 18.2 Å². The highest BCUT2D eigenvalue weighted by Gasteiger charge is 2.15. The standard InChI is InChI=1S/C12H15N5O/c1-2-7-16-12(18)17(11(13)14)9-6-10-5-3-4-8-15-10/h1,3-5,8H,6-7,9H2,(H3,13,14)(H,16,18). The predicted molar refractivity (Wildman–Crippen MR) is 68.8 cm³/mol. The van der Waals surface area contributed by atoms with Crippen LogP contribution < -0.4 is 11.1 Å². The van der Waals surface area contributed by atoms with Gasteiger partial charge in [-0.3, -0.25) is 15.3 Å². The van der Waals surface area contributed by atoms with Crippen LogP contribution in [0, 0.1) is 17.8 Å². The first kappa shape index (κ1) is 13.5. The van der Waals surface area contributed by atoms with E-state index < -0.39 is 6.03 Å². The van der Waals surface area contributed by atoms with Gasteiger partial charge in [0.2, 0.25) is 0 Å². The van der Waals surface area contributed by atoms with Crippen LogP contribution in [0.25, 0.3) is 0 Å². The minimum Gasteiger partial charge on any atom is -0.370 e. The van der Waals surface area contributed by atoms with Gasteiger partial charge in [-0.15, -0.1) is 6.42 Å². The van der Waals surface area contributed by atoms with Gasteiger partial charge in [0.1, 0.15) is 0 Å². The number of amides is 2. The maximum atomic E-state index is 11.6. The van der Waals surface area contributed by atoms with E-state index in [0.29, 0.717) is 6.42 Å². The minimum atomic E-state index is -0.476. The number of nitrogens with two attached hydrogens (primary N) is 1. The number of nitrogens with zero attached hydrogens (tertiary/aromatic N) is 2. The zero-order valence-corrected chi connectivity index (χ0v) is 9.89. The van der Waals surface area contributed by atoms with Gasteiger partial charge in [0.15, 0.2) is 5.96 Å². The van der Waals surface area contributed by atoms with Crippen LogP contribution in [0.4, 0.5) is 4.79 Å². The van der Waals surface area contributed by atoms with Gasteiger partial charge >= 0.3 is 6.03 Å². The number of aromatic nitrogens is 1. The summed E-state index contributed by atoms with van der Waals surface area (Å²) in [6.07, 6.45) is 7.23. The van der Waals surface area contributed by atoms with Gasteiger partial charge in [-0.05, 0) is 12.1 Å². The van der Waals surface area contributed by atoms with E-state index in [0.717, 1.165) is 10.6 Å². The molecule has 94 valence electrons. The van der Waals surface area contributed by atoms with Crippen molar-refractivity contribution in [3.8, 4) is 12.3 Å². The van der Waals surface area contributed by atoms with Crippen LogP contribution >= 0.6 is 0 Å². The summed E-state index contributed by atoms with van der Waals surface area (Å²) in [5.74, 6) is 1.96. The molecule has 0 radical (unpaired) electrons. The van der Waals surface area contributed by atoms with Gasteiger partial charge in [0, 0.05) is 24.9 Å². The van der Waals surface area contributed by atoms with Gasteiger partial charge in [0.05, 0.1) is 6.54 Å². The average Bonchev–Trinajstić information content (AvgIpc) is 2.37. The fraction of sp³-hybridized carbons (Fsp3) is 0.250. The molecule has 1 heterocycles. The number of guanidine groups is 1. The van der Waals surface area contributed by atoms with E-state index >= 15 is 0 Å². The highest BCUT2D eigenvalue weighted by Crippen LogP contribution is 1.98. The molecule has 0 aliphatic rings. The molecule has 0 spiro atoms. The Morgan fingerprint density at radius 1 is 1.61 bits per heavy atom. The number of rotatable bonds is 4. The number of nitrogens with one attached hydrogen (secondary N) is 2. The molecule has 0 saturated heterocycles. The quantitative estimate of drug-likeness (QED) is 0.400. The van der Waals surface area contributed by atoms with Gasteiger partial charge < -0.3 is 11.1 Å². The first-order valence-electron chi connectivity index (χ1n) is 5.38. The lowest BCUT2D eigenvalue weighted by molar-refractivity contribution is 0.221. The highest BCUT2D eigenvalue weighted by atomic mass is 16.2. The molecule has 2 amide bonds. The van der Waals surface area contributed by atoms with E-state index in [1.54, 1.807) is 6.20 Å². The largest absolute Gasteiger partial charge is 0.370 e. The molecule has 1 aromatic rings. The summed E-state index contributed by atoms with van der Waals surface area (Å²) >= 11 is 0. The lowest BCUT2D eigenvalue weighted by Gasteiger charge is -2.20. The molecule has 0 aromatic carbocycles. The number of urea groups is 1. The smallest absolute Gasteiger partial charge is 0.324 e. The third kappa shape index (κ3) is 4.14. The van der Waals surface area contributed by atoms with Crippen molar-refractivity contribution in [3.63, 3.8) is 0 Å². The second-order valence-corrected chi connectivity index (χ2v) is 3.47. The van der Waals surface area contributed by atoms with Crippen LogP contribution in [0.2, 0.25) is 0 Å². The fourth-order valence-electron chi connectivity index (χ4n) is 1.33. The Labute approximate surface area is 106 Å². The molecule has 0 aliphatic heterocycles. The second-order valence-electron chi connectivity index (χ2n) is 3.47. The van der Waals surface area contributed by atoms with E-state index in [4.69, 9.17) is 17.6 Å². The van der Waals surface area contributed by atoms with Gasteiger partial charge in [0.25, 0.3) is 0 Å². The lowest BCUT2D eigenvalue weighted by atomic mass is 10.2. The van der Waals surface area contributed by atoms with E-state index in [9.17, 15) is 4.79 Å². The normalized spacial score (nSPS) is 9.28. The van der Waals surface area contributed by atoms with Crippen LogP contribution in [0.3, 0.4) is 0 Å².